The number of hydrogen-bond donors (Lipinski definition) is 1. The quantitative estimate of drug-likeness (QED) is 0.709. The van der Waals surface area contributed by atoms with Crippen molar-refractivity contribution in [2.75, 3.05) is 0 Å². The summed E-state index contributed by atoms with van der Waals surface area (Å²) >= 11 is 6.05. The van der Waals surface area contributed by atoms with Gasteiger partial charge in [0.15, 0.2) is 0 Å². The van der Waals surface area contributed by atoms with Crippen molar-refractivity contribution >= 4 is 11.6 Å². The molecule has 0 spiro atoms. The lowest BCUT2D eigenvalue weighted by molar-refractivity contribution is 0.282. The summed E-state index contributed by atoms with van der Waals surface area (Å²) in [6.07, 6.45) is 0. The first-order valence-corrected chi connectivity index (χ1v) is 7.80. The van der Waals surface area contributed by atoms with Gasteiger partial charge in [-0.15, -0.1) is 0 Å². The van der Waals surface area contributed by atoms with E-state index in [1.807, 2.05) is 66.7 Å². The number of rotatable bonds is 5. The van der Waals surface area contributed by atoms with Gasteiger partial charge >= 0.3 is 0 Å². The van der Waals surface area contributed by atoms with Crippen LogP contribution in [0.4, 0.5) is 0 Å². The Kier molecular flexibility index (Phi) is 4.96. The second-order valence-electron chi connectivity index (χ2n) is 5.27. The molecule has 116 valence electrons. The van der Waals surface area contributed by atoms with Gasteiger partial charge in [-0.1, -0.05) is 60.1 Å². The standard InChI is InChI=1S/C20H17ClO2/c21-20-10-9-17(11-18(20)13-22)16-7-4-8-19(12-16)23-14-15-5-2-1-3-6-15/h1-12,22H,13-14H2. The summed E-state index contributed by atoms with van der Waals surface area (Å²) < 4.78 is 5.86. The van der Waals surface area contributed by atoms with E-state index in [0.717, 1.165) is 28.0 Å². The minimum atomic E-state index is -0.0725. The molecule has 0 bridgehead atoms. The van der Waals surface area contributed by atoms with E-state index in [-0.39, 0.29) is 6.61 Å². The van der Waals surface area contributed by atoms with Gasteiger partial charge < -0.3 is 9.84 Å². The Morgan fingerprint density at radius 3 is 2.39 bits per heavy atom. The zero-order valence-corrected chi connectivity index (χ0v) is 13.3. The van der Waals surface area contributed by atoms with Crippen LogP contribution >= 0.6 is 11.6 Å². The van der Waals surface area contributed by atoms with E-state index in [0.29, 0.717) is 11.6 Å². The van der Waals surface area contributed by atoms with Gasteiger partial charge in [0.05, 0.1) is 6.61 Å². The highest BCUT2D eigenvalue weighted by Gasteiger charge is 2.05. The second kappa shape index (κ2) is 7.32. The molecular formula is C20H17ClO2. The highest BCUT2D eigenvalue weighted by Crippen LogP contribution is 2.28. The maximum Gasteiger partial charge on any atom is 0.120 e. The Bertz CT molecular complexity index is 785. The van der Waals surface area contributed by atoms with Crippen LogP contribution in [0.5, 0.6) is 5.75 Å². The third kappa shape index (κ3) is 3.92. The molecule has 0 fully saturated rings. The van der Waals surface area contributed by atoms with Gasteiger partial charge in [0.2, 0.25) is 0 Å². The van der Waals surface area contributed by atoms with E-state index >= 15 is 0 Å². The SMILES string of the molecule is OCc1cc(-c2cccc(OCc3ccccc3)c2)ccc1Cl. The fourth-order valence-corrected chi connectivity index (χ4v) is 2.56. The van der Waals surface area contributed by atoms with Crippen molar-refractivity contribution in [1.82, 2.24) is 0 Å². The van der Waals surface area contributed by atoms with Crippen molar-refractivity contribution in [2.24, 2.45) is 0 Å². The van der Waals surface area contributed by atoms with Crippen molar-refractivity contribution in [3.05, 3.63) is 88.9 Å². The van der Waals surface area contributed by atoms with Crippen LogP contribution in [-0.2, 0) is 13.2 Å². The number of benzene rings is 3. The summed E-state index contributed by atoms with van der Waals surface area (Å²) in [5.41, 5.74) is 3.89. The maximum atomic E-state index is 9.35. The van der Waals surface area contributed by atoms with Crippen LogP contribution < -0.4 is 4.74 Å². The third-order valence-electron chi connectivity index (χ3n) is 3.63. The highest BCUT2D eigenvalue weighted by atomic mass is 35.5. The van der Waals surface area contributed by atoms with Crippen LogP contribution in [-0.4, -0.2) is 5.11 Å². The Labute approximate surface area is 140 Å². The molecule has 0 aliphatic carbocycles. The van der Waals surface area contributed by atoms with Crippen molar-refractivity contribution in [2.45, 2.75) is 13.2 Å². The Balaban J connectivity index is 1.79. The van der Waals surface area contributed by atoms with Crippen LogP contribution in [0, 0.1) is 0 Å². The van der Waals surface area contributed by atoms with E-state index < -0.39 is 0 Å². The van der Waals surface area contributed by atoms with Gasteiger partial charge in [0.25, 0.3) is 0 Å². The molecule has 0 saturated heterocycles. The molecule has 23 heavy (non-hydrogen) atoms. The van der Waals surface area contributed by atoms with Gasteiger partial charge in [0.1, 0.15) is 12.4 Å². The maximum absolute atomic E-state index is 9.35. The molecule has 3 aromatic carbocycles. The van der Waals surface area contributed by atoms with Crippen LogP contribution in [0.1, 0.15) is 11.1 Å². The first-order valence-electron chi connectivity index (χ1n) is 7.43. The van der Waals surface area contributed by atoms with E-state index in [4.69, 9.17) is 16.3 Å². The third-order valence-corrected chi connectivity index (χ3v) is 4.00. The minimum Gasteiger partial charge on any atom is -0.489 e. The smallest absolute Gasteiger partial charge is 0.120 e. The van der Waals surface area contributed by atoms with Crippen molar-refractivity contribution < 1.29 is 9.84 Å². The normalized spacial score (nSPS) is 10.5. The zero-order valence-electron chi connectivity index (χ0n) is 12.6. The molecule has 0 atom stereocenters. The molecule has 0 aliphatic heterocycles. The second-order valence-corrected chi connectivity index (χ2v) is 5.67. The van der Waals surface area contributed by atoms with Gasteiger partial charge in [-0.2, -0.15) is 0 Å². The summed E-state index contributed by atoms with van der Waals surface area (Å²) in [4.78, 5) is 0. The molecule has 3 heteroatoms. The highest BCUT2D eigenvalue weighted by molar-refractivity contribution is 6.31. The molecule has 3 rings (SSSR count). The van der Waals surface area contributed by atoms with Crippen LogP contribution in [0.3, 0.4) is 0 Å². The van der Waals surface area contributed by atoms with E-state index in [1.54, 1.807) is 6.07 Å². The number of ether oxygens (including phenoxy) is 1. The largest absolute Gasteiger partial charge is 0.489 e. The molecule has 0 amide bonds. The van der Waals surface area contributed by atoms with Gasteiger partial charge in [-0.25, -0.2) is 0 Å². The summed E-state index contributed by atoms with van der Waals surface area (Å²) in [5, 5.41) is 9.92. The van der Waals surface area contributed by atoms with Crippen molar-refractivity contribution in [3.63, 3.8) is 0 Å². The predicted molar refractivity (Wildman–Crippen MR) is 93.6 cm³/mol. The molecule has 1 N–H and O–H groups in total. The zero-order chi connectivity index (χ0) is 16.1. The molecule has 0 aliphatic rings. The lowest BCUT2D eigenvalue weighted by Crippen LogP contribution is -1.95. The van der Waals surface area contributed by atoms with E-state index in [9.17, 15) is 5.11 Å². The fraction of sp³-hybridized carbons (Fsp3) is 0.100. The topological polar surface area (TPSA) is 29.5 Å². The minimum absolute atomic E-state index is 0.0725. The van der Waals surface area contributed by atoms with Gasteiger partial charge in [0, 0.05) is 5.02 Å². The summed E-state index contributed by atoms with van der Waals surface area (Å²) in [6, 6.07) is 23.6. The Hall–Kier alpha value is -2.29. The summed E-state index contributed by atoms with van der Waals surface area (Å²) in [6.45, 7) is 0.462. The summed E-state index contributed by atoms with van der Waals surface area (Å²) in [5.74, 6) is 0.812. The molecule has 2 nitrogen and oxygen atoms in total. The van der Waals surface area contributed by atoms with Crippen LogP contribution in [0.25, 0.3) is 11.1 Å². The molecule has 3 aromatic rings. The lowest BCUT2D eigenvalue weighted by atomic mass is 10.0. The Morgan fingerprint density at radius 2 is 1.61 bits per heavy atom. The number of hydrogen-bond acceptors (Lipinski definition) is 2. The van der Waals surface area contributed by atoms with Crippen LogP contribution in [0.2, 0.25) is 5.02 Å². The molecular weight excluding hydrogens is 308 g/mol. The van der Waals surface area contributed by atoms with Crippen molar-refractivity contribution in [1.29, 1.82) is 0 Å². The van der Waals surface area contributed by atoms with Gasteiger partial charge in [-0.05, 0) is 46.5 Å². The monoisotopic (exact) mass is 324 g/mol. The van der Waals surface area contributed by atoms with Crippen LogP contribution in [0.15, 0.2) is 72.8 Å². The number of halogens is 1. The number of aliphatic hydroxyl groups is 1. The summed E-state index contributed by atoms with van der Waals surface area (Å²) in [7, 11) is 0. The van der Waals surface area contributed by atoms with E-state index in [1.165, 1.54) is 0 Å². The van der Waals surface area contributed by atoms with E-state index in [2.05, 4.69) is 0 Å². The first-order chi connectivity index (χ1) is 11.3. The number of aliphatic hydroxyl groups excluding tert-OH is 1. The van der Waals surface area contributed by atoms with Gasteiger partial charge in [-0.3, -0.25) is 0 Å². The fourth-order valence-electron chi connectivity index (χ4n) is 2.38. The predicted octanol–water partition coefficient (Wildman–Crippen LogP) is 5.08. The first kappa shape index (κ1) is 15.6. The lowest BCUT2D eigenvalue weighted by Gasteiger charge is -2.10. The molecule has 0 heterocycles. The average Bonchev–Trinajstić information content (AvgIpc) is 2.61. The molecule has 0 saturated carbocycles. The Morgan fingerprint density at radius 1 is 0.826 bits per heavy atom. The molecule has 0 radical (unpaired) electrons. The van der Waals surface area contributed by atoms with Crippen molar-refractivity contribution in [3.8, 4) is 16.9 Å². The molecule has 0 aromatic heterocycles. The average molecular weight is 325 g/mol. The molecule has 0 unspecified atom stereocenters.